The predicted molar refractivity (Wildman–Crippen MR) is 111 cm³/mol. The van der Waals surface area contributed by atoms with E-state index in [2.05, 4.69) is 20.0 Å². The zero-order valence-electron chi connectivity index (χ0n) is 18.3. The van der Waals surface area contributed by atoms with Crippen molar-refractivity contribution in [2.45, 2.75) is 82.8 Å². The highest BCUT2D eigenvalue weighted by molar-refractivity contribution is 5.32. The van der Waals surface area contributed by atoms with Crippen molar-refractivity contribution in [3.8, 4) is 5.75 Å². The van der Waals surface area contributed by atoms with Crippen LogP contribution in [0.2, 0.25) is 0 Å². The fraction of sp³-hybridized carbons (Fsp3) is 0.682. The number of pyridine rings is 1. The number of anilines is 1. The van der Waals surface area contributed by atoms with Crippen LogP contribution in [-0.4, -0.2) is 46.5 Å². The third-order valence-corrected chi connectivity index (χ3v) is 6.05. The van der Waals surface area contributed by atoms with Gasteiger partial charge >= 0.3 is 12.2 Å². The van der Waals surface area contributed by atoms with Gasteiger partial charge in [0.15, 0.2) is 5.82 Å². The van der Waals surface area contributed by atoms with E-state index in [1.54, 1.807) is 0 Å². The van der Waals surface area contributed by atoms with Crippen molar-refractivity contribution in [3.63, 3.8) is 0 Å². The molecule has 2 fully saturated rings. The lowest BCUT2D eigenvalue weighted by Gasteiger charge is -2.35. The SMILES string of the molecule is CC(C)c1noc(N2CCC(OC3CCC(Oc4ccncc4C(F)(F)F)CC3)CC2)n1. The second kappa shape index (κ2) is 9.64. The standard InChI is InChI=1S/C22H29F3N4O3/c1-14(2)20-27-21(32-28-20)29-11-8-17(9-12-29)30-15-3-5-16(6-4-15)31-19-7-10-26-13-18(19)22(23,24)25/h7,10,13-17H,3-6,8-9,11-12H2,1-2H3. The summed E-state index contributed by atoms with van der Waals surface area (Å²) in [5, 5.41) is 4.02. The lowest BCUT2D eigenvalue weighted by molar-refractivity contribution is -0.139. The Morgan fingerprint density at radius 2 is 1.69 bits per heavy atom. The molecule has 0 unspecified atom stereocenters. The van der Waals surface area contributed by atoms with Gasteiger partial charge in [-0.1, -0.05) is 19.0 Å². The van der Waals surface area contributed by atoms with E-state index in [9.17, 15) is 13.2 Å². The van der Waals surface area contributed by atoms with Gasteiger partial charge in [-0.05, 0) is 44.6 Å². The number of ether oxygens (including phenoxy) is 2. The largest absolute Gasteiger partial charge is 0.490 e. The van der Waals surface area contributed by atoms with E-state index in [1.807, 2.05) is 13.8 Å². The molecule has 7 nitrogen and oxygen atoms in total. The van der Waals surface area contributed by atoms with Gasteiger partial charge in [0.25, 0.3) is 0 Å². The van der Waals surface area contributed by atoms with Crippen molar-refractivity contribution in [2.24, 2.45) is 0 Å². The number of rotatable bonds is 6. The Balaban J connectivity index is 1.22. The smallest absolute Gasteiger partial charge is 0.421 e. The summed E-state index contributed by atoms with van der Waals surface area (Å²) in [7, 11) is 0. The van der Waals surface area contributed by atoms with E-state index in [0.717, 1.165) is 45.0 Å². The molecule has 0 spiro atoms. The summed E-state index contributed by atoms with van der Waals surface area (Å²) in [6, 6.07) is 1.85. The summed E-state index contributed by atoms with van der Waals surface area (Å²) in [6.45, 7) is 5.65. The maximum Gasteiger partial charge on any atom is 0.421 e. The number of alkyl halides is 3. The highest BCUT2D eigenvalue weighted by Crippen LogP contribution is 2.37. The highest BCUT2D eigenvalue weighted by atomic mass is 19.4. The monoisotopic (exact) mass is 454 g/mol. The average Bonchev–Trinajstić information content (AvgIpc) is 3.26. The van der Waals surface area contributed by atoms with Gasteiger partial charge in [0, 0.05) is 31.4 Å². The molecule has 0 amide bonds. The second-order valence-corrected chi connectivity index (χ2v) is 8.80. The van der Waals surface area contributed by atoms with Gasteiger partial charge in [0.2, 0.25) is 0 Å². The molecule has 0 atom stereocenters. The second-order valence-electron chi connectivity index (χ2n) is 8.80. The maximum atomic E-state index is 13.1. The molecule has 2 aliphatic rings. The summed E-state index contributed by atoms with van der Waals surface area (Å²) in [5.41, 5.74) is -0.827. The lowest BCUT2D eigenvalue weighted by atomic mass is 9.94. The third kappa shape index (κ3) is 5.51. The van der Waals surface area contributed by atoms with Crippen molar-refractivity contribution in [2.75, 3.05) is 18.0 Å². The van der Waals surface area contributed by atoms with Crippen LogP contribution in [0.1, 0.15) is 69.7 Å². The summed E-state index contributed by atoms with van der Waals surface area (Å²) in [4.78, 5) is 10.1. The molecule has 0 N–H and O–H groups in total. The fourth-order valence-electron chi connectivity index (χ4n) is 4.21. The van der Waals surface area contributed by atoms with Crippen LogP contribution in [0.5, 0.6) is 5.75 Å². The molecule has 4 rings (SSSR count). The van der Waals surface area contributed by atoms with Crippen LogP contribution >= 0.6 is 0 Å². The van der Waals surface area contributed by atoms with Crippen LogP contribution in [0.4, 0.5) is 19.2 Å². The summed E-state index contributed by atoms with van der Waals surface area (Å²) in [5.74, 6) is 0.795. The van der Waals surface area contributed by atoms with E-state index >= 15 is 0 Å². The van der Waals surface area contributed by atoms with E-state index in [4.69, 9.17) is 14.0 Å². The van der Waals surface area contributed by atoms with Gasteiger partial charge in [-0.15, -0.1) is 0 Å². The zero-order valence-corrected chi connectivity index (χ0v) is 18.3. The Hall–Kier alpha value is -2.36. The minimum atomic E-state index is -4.48. The minimum Gasteiger partial charge on any atom is -0.490 e. The minimum absolute atomic E-state index is 0.113. The first-order valence-corrected chi connectivity index (χ1v) is 11.2. The van der Waals surface area contributed by atoms with Crippen LogP contribution in [0, 0.1) is 0 Å². The van der Waals surface area contributed by atoms with Gasteiger partial charge in [0.1, 0.15) is 11.3 Å². The molecule has 0 bridgehead atoms. The average molecular weight is 454 g/mol. The quantitative estimate of drug-likeness (QED) is 0.609. The first-order chi connectivity index (χ1) is 15.3. The molecule has 32 heavy (non-hydrogen) atoms. The molecule has 176 valence electrons. The number of aromatic nitrogens is 3. The first-order valence-electron chi connectivity index (χ1n) is 11.2. The Morgan fingerprint density at radius 1 is 1.03 bits per heavy atom. The number of hydrogen-bond acceptors (Lipinski definition) is 7. The lowest BCUT2D eigenvalue weighted by Crippen LogP contribution is -2.39. The highest BCUT2D eigenvalue weighted by Gasteiger charge is 2.36. The molecule has 1 saturated heterocycles. The number of piperidine rings is 1. The normalized spacial score (nSPS) is 23.0. The molecule has 2 aromatic heterocycles. The number of halogens is 3. The van der Waals surface area contributed by atoms with Gasteiger partial charge in [-0.25, -0.2) is 0 Å². The molecule has 0 aromatic carbocycles. The number of nitrogens with zero attached hydrogens (tertiary/aromatic N) is 4. The number of hydrogen-bond donors (Lipinski definition) is 0. The van der Waals surface area contributed by atoms with Crippen LogP contribution in [-0.2, 0) is 10.9 Å². The van der Waals surface area contributed by atoms with E-state index < -0.39 is 11.7 Å². The van der Waals surface area contributed by atoms with Crippen LogP contribution in [0.25, 0.3) is 0 Å². The molecule has 1 aliphatic carbocycles. The van der Waals surface area contributed by atoms with Gasteiger partial charge in [0.05, 0.1) is 18.3 Å². The fourth-order valence-corrected chi connectivity index (χ4v) is 4.21. The van der Waals surface area contributed by atoms with Crippen molar-refractivity contribution in [1.82, 2.24) is 15.1 Å². The molecule has 3 heterocycles. The Labute approximate surface area is 185 Å². The van der Waals surface area contributed by atoms with Crippen molar-refractivity contribution in [1.29, 1.82) is 0 Å². The van der Waals surface area contributed by atoms with E-state index in [-0.39, 0.29) is 30.0 Å². The topological polar surface area (TPSA) is 73.5 Å². The van der Waals surface area contributed by atoms with E-state index in [1.165, 1.54) is 12.3 Å². The Bertz CT molecular complexity index is 873. The summed E-state index contributed by atoms with van der Waals surface area (Å²) >= 11 is 0. The van der Waals surface area contributed by atoms with E-state index in [0.29, 0.717) is 24.7 Å². The Kier molecular flexibility index (Phi) is 6.88. The van der Waals surface area contributed by atoms with Crippen molar-refractivity contribution in [3.05, 3.63) is 29.8 Å². The molecule has 1 aliphatic heterocycles. The summed E-state index contributed by atoms with van der Waals surface area (Å²) < 4.78 is 56.8. The first kappa shape index (κ1) is 22.8. The third-order valence-electron chi connectivity index (χ3n) is 6.05. The molecule has 1 saturated carbocycles. The van der Waals surface area contributed by atoms with Crippen LogP contribution in [0.15, 0.2) is 23.0 Å². The van der Waals surface area contributed by atoms with Crippen LogP contribution in [0.3, 0.4) is 0 Å². The van der Waals surface area contributed by atoms with Crippen molar-refractivity contribution >= 4 is 6.01 Å². The van der Waals surface area contributed by atoms with Gasteiger partial charge < -0.3 is 18.9 Å². The van der Waals surface area contributed by atoms with Gasteiger partial charge in [-0.2, -0.15) is 18.2 Å². The predicted octanol–water partition coefficient (Wildman–Crippen LogP) is 4.98. The van der Waals surface area contributed by atoms with Crippen LogP contribution < -0.4 is 9.64 Å². The van der Waals surface area contributed by atoms with Crippen molar-refractivity contribution < 1.29 is 27.2 Å². The molecular weight excluding hydrogens is 425 g/mol. The zero-order chi connectivity index (χ0) is 22.7. The molecule has 2 aromatic rings. The molecule has 0 radical (unpaired) electrons. The van der Waals surface area contributed by atoms with Gasteiger partial charge in [-0.3, -0.25) is 4.98 Å². The Morgan fingerprint density at radius 3 is 2.31 bits per heavy atom. The maximum absolute atomic E-state index is 13.1. The summed E-state index contributed by atoms with van der Waals surface area (Å²) in [6.07, 6.45) is 2.34. The molecular formula is C22H29F3N4O3. The molecule has 10 heteroatoms.